The molecule has 37 heavy (non-hydrogen) atoms. The minimum absolute atomic E-state index is 0.0430. The SMILES string of the molecule is CCCCNC(=O)[C@@H](C[C@H](O)[C@@H](N)CC(C)(C)CC(=O)N1C[C@H](C(=O)NC)Cc2ccccc21)C(C)C. The van der Waals surface area contributed by atoms with Gasteiger partial charge in [0.2, 0.25) is 17.7 Å². The van der Waals surface area contributed by atoms with Crippen molar-refractivity contribution in [2.75, 3.05) is 25.0 Å². The molecular formula is C29H48N4O4. The van der Waals surface area contributed by atoms with E-state index in [9.17, 15) is 19.5 Å². The summed E-state index contributed by atoms with van der Waals surface area (Å²) < 4.78 is 0. The largest absolute Gasteiger partial charge is 0.391 e. The standard InChI is InChI=1S/C29H48N4O4/c1-7-8-13-32-28(37)22(19(2)3)15-25(34)23(30)16-29(4,5)17-26(35)33-18-21(27(36)31-6)14-20-11-9-10-12-24(20)33/h9-12,19,21-23,25,34H,7-8,13-18,30H2,1-6H3,(H,31,36)(H,32,37)/t21-,22+,23+,25+/m1/s1. The van der Waals surface area contributed by atoms with Gasteiger partial charge in [0.25, 0.3) is 0 Å². The number of nitrogens with zero attached hydrogens (tertiary/aromatic N) is 1. The normalized spacial score (nSPS) is 18.1. The number of hydrogen-bond donors (Lipinski definition) is 4. The predicted octanol–water partition coefficient (Wildman–Crippen LogP) is 3.01. The average Bonchev–Trinajstić information content (AvgIpc) is 2.84. The number of nitrogens with one attached hydrogen (secondary N) is 2. The number of benzene rings is 1. The number of anilines is 1. The van der Waals surface area contributed by atoms with Crippen LogP contribution in [0.15, 0.2) is 24.3 Å². The number of hydrogen-bond acceptors (Lipinski definition) is 5. The van der Waals surface area contributed by atoms with Gasteiger partial charge in [0.1, 0.15) is 0 Å². The lowest BCUT2D eigenvalue weighted by molar-refractivity contribution is -0.127. The number of aliphatic hydroxyl groups is 1. The Hall–Kier alpha value is -2.45. The Bertz CT molecular complexity index is 917. The summed E-state index contributed by atoms with van der Waals surface area (Å²) in [5.41, 5.74) is 7.77. The number of unbranched alkanes of at least 4 members (excludes halogenated alkanes) is 1. The van der Waals surface area contributed by atoms with Gasteiger partial charge >= 0.3 is 0 Å². The highest BCUT2D eigenvalue weighted by molar-refractivity contribution is 5.96. The van der Waals surface area contributed by atoms with E-state index in [-0.39, 0.29) is 48.3 Å². The smallest absolute Gasteiger partial charge is 0.227 e. The minimum Gasteiger partial charge on any atom is -0.391 e. The van der Waals surface area contributed by atoms with Gasteiger partial charge in [-0.25, -0.2) is 0 Å². The molecular weight excluding hydrogens is 468 g/mol. The highest BCUT2D eigenvalue weighted by atomic mass is 16.3. The number of rotatable bonds is 13. The molecule has 0 fully saturated rings. The molecule has 0 bridgehead atoms. The lowest BCUT2D eigenvalue weighted by Crippen LogP contribution is -2.47. The number of carbonyl (C=O) groups excluding carboxylic acids is 3. The number of nitrogens with two attached hydrogens (primary N) is 1. The molecule has 1 aliphatic heterocycles. The van der Waals surface area contributed by atoms with Crippen molar-refractivity contribution >= 4 is 23.4 Å². The second-order valence-electron chi connectivity index (χ2n) is 11.7. The van der Waals surface area contributed by atoms with E-state index in [2.05, 4.69) is 17.6 Å². The maximum absolute atomic E-state index is 13.5. The molecule has 0 aliphatic carbocycles. The number of carbonyl (C=O) groups is 3. The fourth-order valence-electron chi connectivity index (χ4n) is 5.20. The molecule has 0 saturated carbocycles. The molecule has 0 saturated heterocycles. The van der Waals surface area contributed by atoms with Crippen LogP contribution in [0.4, 0.5) is 5.69 Å². The molecule has 0 aromatic heterocycles. The third kappa shape index (κ3) is 8.82. The monoisotopic (exact) mass is 516 g/mol. The van der Waals surface area contributed by atoms with E-state index in [0.717, 1.165) is 24.1 Å². The van der Waals surface area contributed by atoms with Crippen LogP contribution in [0.3, 0.4) is 0 Å². The molecule has 5 N–H and O–H groups in total. The van der Waals surface area contributed by atoms with Crippen LogP contribution >= 0.6 is 0 Å². The van der Waals surface area contributed by atoms with E-state index in [1.807, 2.05) is 52.0 Å². The van der Waals surface area contributed by atoms with Crippen LogP contribution < -0.4 is 21.3 Å². The molecule has 2 rings (SSSR count). The molecule has 8 nitrogen and oxygen atoms in total. The quantitative estimate of drug-likeness (QED) is 0.300. The highest BCUT2D eigenvalue weighted by Crippen LogP contribution is 2.34. The lowest BCUT2D eigenvalue weighted by Gasteiger charge is -2.37. The predicted molar refractivity (Wildman–Crippen MR) is 148 cm³/mol. The van der Waals surface area contributed by atoms with Crippen LogP contribution in [0.5, 0.6) is 0 Å². The van der Waals surface area contributed by atoms with Gasteiger partial charge in [0, 0.05) is 44.2 Å². The van der Waals surface area contributed by atoms with Crippen LogP contribution in [-0.2, 0) is 20.8 Å². The van der Waals surface area contributed by atoms with Gasteiger partial charge in [-0.05, 0) is 48.6 Å². The molecule has 0 radical (unpaired) electrons. The van der Waals surface area contributed by atoms with Crippen molar-refractivity contribution in [1.29, 1.82) is 0 Å². The van der Waals surface area contributed by atoms with E-state index in [4.69, 9.17) is 5.73 Å². The Kier molecular flexibility index (Phi) is 11.6. The number of amides is 3. The summed E-state index contributed by atoms with van der Waals surface area (Å²) in [7, 11) is 1.61. The van der Waals surface area contributed by atoms with Crippen LogP contribution in [0.2, 0.25) is 0 Å². The summed E-state index contributed by atoms with van der Waals surface area (Å²) in [5.74, 6) is -0.732. The molecule has 8 heteroatoms. The number of fused-ring (bicyclic) bond motifs is 1. The van der Waals surface area contributed by atoms with E-state index < -0.39 is 17.6 Å². The van der Waals surface area contributed by atoms with Crippen molar-refractivity contribution in [1.82, 2.24) is 10.6 Å². The van der Waals surface area contributed by atoms with Gasteiger partial charge < -0.3 is 26.4 Å². The van der Waals surface area contributed by atoms with Gasteiger partial charge in [0.15, 0.2) is 0 Å². The second kappa shape index (κ2) is 13.9. The first-order valence-electron chi connectivity index (χ1n) is 13.7. The van der Waals surface area contributed by atoms with Crippen molar-refractivity contribution in [2.24, 2.45) is 28.9 Å². The summed E-state index contributed by atoms with van der Waals surface area (Å²) in [5, 5.41) is 16.6. The van der Waals surface area contributed by atoms with Crippen LogP contribution in [0, 0.1) is 23.2 Å². The zero-order valence-electron chi connectivity index (χ0n) is 23.5. The topological polar surface area (TPSA) is 125 Å². The Morgan fingerprint density at radius 3 is 2.51 bits per heavy atom. The van der Waals surface area contributed by atoms with Gasteiger partial charge in [0.05, 0.1) is 12.0 Å². The van der Waals surface area contributed by atoms with Crippen LogP contribution in [0.25, 0.3) is 0 Å². The van der Waals surface area contributed by atoms with E-state index in [0.29, 0.717) is 25.9 Å². The fourth-order valence-corrected chi connectivity index (χ4v) is 5.20. The molecule has 1 aliphatic rings. The van der Waals surface area contributed by atoms with Gasteiger partial charge in [-0.15, -0.1) is 0 Å². The molecule has 0 spiro atoms. The maximum atomic E-state index is 13.5. The Balaban J connectivity index is 2.04. The maximum Gasteiger partial charge on any atom is 0.227 e. The summed E-state index contributed by atoms with van der Waals surface area (Å²) >= 11 is 0. The number of para-hydroxylation sites is 1. The summed E-state index contributed by atoms with van der Waals surface area (Å²) in [6.45, 7) is 11.0. The number of aliphatic hydroxyl groups excluding tert-OH is 1. The van der Waals surface area contributed by atoms with Crippen molar-refractivity contribution in [3.63, 3.8) is 0 Å². The second-order valence-corrected chi connectivity index (χ2v) is 11.7. The molecule has 1 aromatic rings. The molecule has 1 heterocycles. The first-order chi connectivity index (χ1) is 17.4. The summed E-state index contributed by atoms with van der Waals surface area (Å²) in [6, 6.07) is 7.14. The molecule has 4 atom stereocenters. The molecule has 3 amide bonds. The van der Waals surface area contributed by atoms with E-state index in [1.165, 1.54) is 0 Å². The van der Waals surface area contributed by atoms with Crippen molar-refractivity contribution in [3.8, 4) is 0 Å². The van der Waals surface area contributed by atoms with Crippen molar-refractivity contribution < 1.29 is 19.5 Å². The van der Waals surface area contributed by atoms with Crippen molar-refractivity contribution in [2.45, 2.75) is 85.3 Å². The Morgan fingerprint density at radius 2 is 1.89 bits per heavy atom. The lowest BCUT2D eigenvalue weighted by atomic mass is 9.78. The zero-order chi connectivity index (χ0) is 27.8. The van der Waals surface area contributed by atoms with E-state index in [1.54, 1.807) is 11.9 Å². The minimum atomic E-state index is -0.855. The van der Waals surface area contributed by atoms with Crippen molar-refractivity contribution in [3.05, 3.63) is 29.8 Å². The Morgan fingerprint density at radius 1 is 1.22 bits per heavy atom. The molecule has 1 aromatic carbocycles. The van der Waals surface area contributed by atoms with Gasteiger partial charge in [-0.3, -0.25) is 14.4 Å². The third-order valence-electron chi connectivity index (χ3n) is 7.45. The summed E-state index contributed by atoms with van der Waals surface area (Å²) in [6.07, 6.45) is 2.61. The third-order valence-corrected chi connectivity index (χ3v) is 7.45. The first-order valence-corrected chi connectivity index (χ1v) is 13.7. The van der Waals surface area contributed by atoms with Crippen LogP contribution in [0.1, 0.15) is 72.3 Å². The van der Waals surface area contributed by atoms with Crippen LogP contribution in [-0.4, -0.2) is 55.1 Å². The molecule has 208 valence electrons. The highest BCUT2D eigenvalue weighted by Gasteiger charge is 2.36. The van der Waals surface area contributed by atoms with Gasteiger partial charge in [-0.1, -0.05) is 59.2 Å². The molecule has 0 unspecified atom stereocenters. The average molecular weight is 517 g/mol. The van der Waals surface area contributed by atoms with Gasteiger partial charge in [-0.2, -0.15) is 0 Å². The summed E-state index contributed by atoms with van der Waals surface area (Å²) in [4.78, 5) is 40.3. The Labute approximate surface area is 222 Å². The zero-order valence-corrected chi connectivity index (χ0v) is 23.5. The fraction of sp³-hybridized carbons (Fsp3) is 0.690. The van der Waals surface area contributed by atoms with E-state index >= 15 is 0 Å². The first kappa shape index (κ1) is 30.8.